The molecular formula is C19H23NO4S. The Morgan fingerprint density at radius 1 is 1.20 bits per heavy atom. The maximum Gasteiger partial charge on any atom is 0.341 e. The Kier molecular flexibility index (Phi) is 6.20. The van der Waals surface area contributed by atoms with E-state index in [1.165, 1.54) is 11.3 Å². The molecule has 1 N–H and O–H groups in total. The highest BCUT2D eigenvalue weighted by molar-refractivity contribution is 7.16. The van der Waals surface area contributed by atoms with Gasteiger partial charge >= 0.3 is 5.97 Å². The molecule has 134 valence electrons. The van der Waals surface area contributed by atoms with Gasteiger partial charge in [0, 0.05) is 4.88 Å². The Balaban J connectivity index is 2.33. The highest BCUT2D eigenvalue weighted by atomic mass is 32.1. The number of carbonyl (C=O) groups excluding carboxylic acids is 2. The van der Waals surface area contributed by atoms with Crippen molar-refractivity contribution in [1.29, 1.82) is 0 Å². The number of benzene rings is 1. The SMILES string of the molecule is CCOc1ccccc1C(=O)Nc1sc(C)c(C)c1C(=O)OC(C)C. The van der Waals surface area contributed by atoms with Crippen LogP contribution in [0.25, 0.3) is 0 Å². The average Bonchev–Trinajstić information content (AvgIpc) is 2.81. The van der Waals surface area contributed by atoms with Crippen molar-refractivity contribution in [3.63, 3.8) is 0 Å². The third kappa shape index (κ3) is 4.39. The van der Waals surface area contributed by atoms with Gasteiger partial charge in [0.25, 0.3) is 5.91 Å². The molecule has 0 unspecified atom stereocenters. The number of aryl methyl sites for hydroxylation is 1. The summed E-state index contributed by atoms with van der Waals surface area (Å²) >= 11 is 1.37. The van der Waals surface area contributed by atoms with Crippen LogP contribution in [-0.4, -0.2) is 24.6 Å². The number of para-hydroxylation sites is 1. The van der Waals surface area contributed by atoms with Gasteiger partial charge in [-0.3, -0.25) is 4.79 Å². The number of thiophene rings is 1. The van der Waals surface area contributed by atoms with E-state index in [2.05, 4.69) is 5.32 Å². The predicted molar refractivity (Wildman–Crippen MR) is 99.9 cm³/mol. The normalized spacial score (nSPS) is 10.6. The maximum absolute atomic E-state index is 12.7. The lowest BCUT2D eigenvalue weighted by atomic mass is 10.1. The van der Waals surface area contributed by atoms with Crippen LogP contribution in [0.1, 0.15) is 51.9 Å². The van der Waals surface area contributed by atoms with E-state index in [-0.39, 0.29) is 12.0 Å². The maximum atomic E-state index is 12.7. The molecule has 1 aromatic carbocycles. The van der Waals surface area contributed by atoms with Gasteiger partial charge in [0.05, 0.1) is 23.8 Å². The second-order valence-electron chi connectivity index (χ2n) is 5.82. The fraction of sp³-hybridized carbons (Fsp3) is 0.368. The number of carbonyl (C=O) groups is 2. The fourth-order valence-corrected chi connectivity index (χ4v) is 3.38. The molecule has 1 amide bonds. The molecule has 0 atom stereocenters. The molecule has 25 heavy (non-hydrogen) atoms. The summed E-state index contributed by atoms with van der Waals surface area (Å²) in [6.07, 6.45) is -0.227. The molecule has 2 rings (SSSR count). The molecule has 0 saturated carbocycles. The molecule has 0 saturated heterocycles. The second kappa shape index (κ2) is 8.16. The van der Waals surface area contributed by atoms with Crippen LogP contribution in [0.5, 0.6) is 5.75 Å². The van der Waals surface area contributed by atoms with Crippen LogP contribution in [0.3, 0.4) is 0 Å². The van der Waals surface area contributed by atoms with Gasteiger partial charge in [0.15, 0.2) is 0 Å². The van der Waals surface area contributed by atoms with Gasteiger partial charge in [-0.25, -0.2) is 4.79 Å². The summed E-state index contributed by atoms with van der Waals surface area (Å²) in [5.74, 6) is -0.229. The lowest BCUT2D eigenvalue weighted by molar-refractivity contribution is 0.0379. The van der Waals surface area contributed by atoms with Gasteiger partial charge in [-0.1, -0.05) is 12.1 Å². The molecule has 6 heteroatoms. The fourth-order valence-electron chi connectivity index (χ4n) is 2.34. The highest BCUT2D eigenvalue weighted by Gasteiger charge is 2.24. The van der Waals surface area contributed by atoms with Crippen LogP contribution in [0, 0.1) is 13.8 Å². The van der Waals surface area contributed by atoms with E-state index >= 15 is 0 Å². The van der Waals surface area contributed by atoms with Gasteiger partial charge < -0.3 is 14.8 Å². The van der Waals surface area contributed by atoms with Gasteiger partial charge in [-0.05, 0) is 52.3 Å². The Morgan fingerprint density at radius 2 is 1.88 bits per heavy atom. The van der Waals surface area contributed by atoms with Crippen molar-refractivity contribution in [1.82, 2.24) is 0 Å². The lowest BCUT2D eigenvalue weighted by Gasteiger charge is -2.12. The van der Waals surface area contributed by atoms with Gasteiger partial charge in [-0.2, -0.15) is 0 Å². The van der Waals surface area contributed by atoms with Crippen molar-refractivity contribution in [2.45, 2.75) is 40.7 Å². The second-order valence-corrected chi connectivity index (χ2v) is 7.05. The molecule has 0 aliphatic rings. The quantitative estimate of drug-likeness (QED) is 0.765. The Hall–Kier alpha value is -2.34. The number of esters is 1. The first-order valence-corrected chi connectivity index (χ1v) is 9.00. The summed E-state index contributed by atoms with van der Waals surface area (Å²) in [7, 11) is 0. The third-order valence-corrected chi connectivity index (χ3v) is 4.71. The molecule has 1 heterocycles. The van der Waals surface area contributed by atoms with Gasteiger partial charge in [-0.15, -0.1) is 11.3 Å². The molecule has 5 nitrogen and oxygen atoms in total. The third-order valence-electron chi connectivity index (χ3n) is 3.59. The minimum Gasteiger partial charge on any atom is -0.493 e. The van der Waals surface area contributed by atoms with Crippen molar-refractivity contribution >= 4 is 28.2 Å². The Bertz CT molecular complexity index is 780. The van der Waals surface area contributed by atoms with Gasteiger partial charge in [0.1, 0.15) is 10.8 Å². The largest absolute Gasteiger partial charge is 0.493 e. The monoisotopic (exact) mass is 361 g/mol. The van der Waals surface area contributed by atoms with E-state index in [1.54, 1.807) is 32.0 Å². The smallest absolute Gasteiger partial charge is 0.341 e. The van der Waals surface area contributed by atoms with Crippen molar-refractivity contribution in [2.75, 3.05) is 11.9 Å². The first kappa shape index (κ1) is 19.0. The molecule has 0 bridgehead atoms. The lowest BCUT2D eigenvalue weighted by Crippen LogP contribution is -2.17. The van der Waals surface area contributed by atoms with E-state index in [0.29, 0.717) is 28.5 Å². The summed E-state index contributed by atoms with van der Waals surface area (Å²) in [4.78, 5) is 26.1. The van der Waals surface area contributed by atoms with E-state index in [9.17, 15) is 9.59 Å². The van der Waals surface area contributed by atoms with Crippen molar-refractivity contribution in [2.24, 2.45) is 0 Å². The zero-order valence-corrected chi connectivity index (χ0v) is 16.0. The molecule has 0 aliphatic heterocycles. The topological polar surface area (TPSA) is 64.6 Å². The minimum absolute atomic E-state index is 0.227. The highest BCUT2D eigenvalue weighted by Crippen LogP contribution is 2.34. The molecule has 0 spiro atoms. The average molecular weight is 361 g/mol. The van der Waals surface area contributed by atoms with E-state index < -0.39 is 5.97 Å². The predicted octanol–water partition coefficient (Wildman–Crippen LogP) is 4.58. The summed E-state index contributed by atoms with van der Waals surface area (Å²) in [5.41, 5.74) is 1.67. The first-order valence-electron chi connectivity index (χ1n) is 8.19. The molecule has 0 fully saturated rings. The number of ether oxygens (including phenoxy) is 2. The van der Waals surface area contributed by atoms with Crippen LogP contribution < -0.4 is 10.1 Å². The van der Waals surface area contributed by atoms with E-state index in [0.717, 1.165) is 10.4 Å². The number of anilines is 1. The summed E-state index contributed by atoms with van der Waals surface area (Å²) in [6.45, 7) is 9.68. The molecule has 0 radical (unpaired) electrons. The first-order chi connectivity index (χ1) is 11.8. The molecular weight excluding hydrogens is 338 g/mol. The Labute approximate surface area is 152 Å². The molecule has 0 aliphatic carbocycles. The zero-order chi connectivity index (χ0) is 18.6. The number of nitrogens with one attached hydrogen (secondary N) is 1. The van der Waals surface area contributed by atoms with Crippen LogP contribution in [-0.2, 0) is 4.74 Å². The summed E-state index contributed by atoms with van der Waals surface area (Å²) in [5, 5.41) is 3.34. The van der Waals surface area contributed by atoms with E-state index in [1.807, 2.05) is 26.8 Å². The number of amides is 1. The van der Waals surface area contributed by atoms with Crippen LogP contribution in [0.15, 0.2) is 24.3 Å². The van der Waals surface area contributed by atoms with Crippen molar-refractivity contribution < 1.29 is 19.1 Å². The number of rotatable bonds is 6. The van der Waals surface area contributed by atoms with Crippen molar-refractivity contribution in [3.8, 4) is 5.75 Å². The Morgan fingerprint density at radius 3 is 2.52 bits per heavy atom. The number of hydrogen-bond donors (Lipinski definition) is 1. The van der Waals surface area contributed by atoms with Crippen LogP contribution in [0.2, 0.25) is 0 Å². The van der Waals surface area contributed by atoms with E-state index in [4.69, 9.17) is 9.47 Å². The van der Waals surface area contributed by atoms with Crippen molar-refractivity contribution in [3.05, 3.63) is 45.8 Å². The zero-order valence-electron chi connectivity index (χ0n) is 15.1. The minimum atomic E-state index is -0.426. The summed E-state index contributed by atoms with van der Waals surface area (Å²) in [6, 6.07) is 7.03. The van der Waals surface area contributed by atoms with Gasteiger partial charge in [0.2, 0.25) is 0 Å². The summed E-state index contributed by atoms with van der Waals surface area (Å²) < 4.78 is 10.8. The molecule has 2 aromatic rings. The standard InChI is InChI=1S/C19H23NO4S/c1-6-23-15-10-8-7-9-14(15)17(21)20-18-16(12(4)13(5)25-18)19(22)24-11(2)3/h7-11H,6H2,1-5H3,(H,20,21). The number of hydrogen-bond acceptors (Lipinski definition) is 5. The van der Waals surface area contributed by atoms with Crippen LogP contribution in [0.4, 0.5) is 5.00 Å². The molecule has 1 aromatic heterocycles. The van der Waals surface area contributed by atoms with Crippen LogP contribution >= 0.6 is 11.3 Å².